The van der Waals surface area contributed by atoms with Crippen molar-refractivity contribution in [3.05, 3.63) is 108 Å². The molecule has 208 valence electrons. The fourth-order valence-corrected chi connectivity index (χ4v) is 5.69. The lowest BCUT2D eigenvalue weighted by molar-refractivity contribution is 0.0336. The Bertz CT molecular complexity index is 1670. The minimum absolute atomic E-state index is 0.189. The smallest absolute Gasteiger partial charge is 0.123 e. The first kappa shape index (κ1) is 25.7. The lowest BCUT2D eigenvalue weighted by atomic mass is 9.98. The molecule has 0 amide bonds. The second-order valence-electron chi connectivity index (χ2n) is 10.6. The molecule has 10 heteroatoms. The van der Waals surface area contributed by atoms with Crippen LogP contribution < -0.4 is 5.01 Å². The zero-order valence-corrected chi connectivity index (χ0v) is 22.7. The van der Waals surface area contributed by atoms with Crippen LogP contribution in [0.4, 0.5) is 15.8 Å². The molecule has 4 heterocycles. The molecule has 5 aromatic rings. The Balaban J connectivity index is 1.19. The number of nitrogens with zero attached hydrogens (tertiary/aromatic N) is 8. The second kappa shape index (κ2) is 11.3. The van der Waals surface area contributed by atoms with Crippen molar-refractivity contribution in [2.75, 3.05) is 37.9 Å². The van der Waals surface area contributed by atoms with Gasteiger partial charge in [-0.15, -0.1) is 5.10 Å². The van der Waals surface area contributed by atoms with Gasteiger partial charge in [0.05, 0.1) is 42.0 Å². The Morgan fingerprint density at radius 1 is 0.878 bits per heavy atom. The van der Waals surface area contributed by atoms with E-state index >= 15 is 0 Å². The Morgan fingerprint density at radius 3 is 2.66 bits per heavy atom. The average molecular weight is 551 g/mol. The van der Waals surface area contributed by atoms with Crippen LogP contribution in [0.15, 0.2) is 79.4 Å². The molecule has 0 unspecified atom stereocenters. The number of hydrogen-bond acceptors (Lipinski definition) is 8. The van der Waals surface area contributed by atoms with E-state index in [1.165, 1.54) is 17.2 Å². The molecule has 9 nitrogen and oxygen atoms in total. The maximum absolute atomic E-state index is 13.7. The van der Waals surface area contributed by atoms with E-state index in [2.05, 4.69) is 65.4 Å². The van der Waals surface area contributed by atoms with Crippen LogP contribution in [0, 0.1) is 5.82 Å². The molecule has 2 aromatic heterocycles. The number of anilines is 2. The van der Waals surface area contributed by atoms with Crippen molar-refractivity contribution < 1.29 is 9.13 Å². The van der Waals surface area contributed by atoms with Gasteiger partial charge < -0.3 is 4.74 Å². The van der Waals surface area contributed by atoms with Crippen molar-refractivity contribution in [1.82, 2.24) is 34.9 Å². The summed E-state index contributed by atoms with van der Waals surface area (Å²) < 4.78 is 19.2. The Labute approximate surface area is 237 Å². The van der Waals surface area contributed by atoms with Gasteiger partial charge in [0.25, 0.3) is 0 Å². The molecule has 0 radical (unpaired) electrons. The summed E-state index contributed by atoms with van der Waals surface area (Å²) in [5, 5.41) is 12.1. The normalized spacial score (nSPS) is 16.1. The molecule has 0 aliphatic carbocycles. The van der Waals surface area contributed by atoms with Gasteiger partial charge in [-0.2, -0.15) is 4.79 Å². The molecule has 2 aliphatic rings. The van der Waals surface area contributed by atoms with E-state index in [0.717, 1.165) is 92.4 Å². The summed E-state index contributed by atoms with van der Waals surface area (Å²) in [5.41, 5.74) is 7.33. The van der Waals surface area contributed by atoms with E-state index in [-0.39, 0.29) is 5.82 Å². The molecule has 41 heavy (non-hydrogen) atoms. The van der Waals surface area contributed by atoms with Gasteiger partial charge in [0.15, 0.2) is 0 Å². The van der Waals surface area contributed by atoms with E-state index in [9.17, 15) is 4.39 Å². The highest BCUT2D eigenvalue weighted by molar-refractivity contribution is 5.83. The molecule has 2 aliphatic heterocycles. The van der Waals surface area contributed by atoms with Gasteiger partial charge in [-0.1, -0.05) is 18.2 Å². The molecule has 3 aromatic carbocycles. The number of halogens is 1. The van der Waals surface area contributed by atoms with Gasteiger partial charge >= 0.3 is 0 Å². The highest BCUT2D eigenvalue weighted by Crippen LogP contribution is 2.32. The molecular weight excluding hydrogens is 519 g/mol. The van der Waals surface area contributed by atoms with Crippen LogP contribution in [0.3, 0.4) is 0 Å². The van der Waals surface area contributed by atoms with E-state index in [1.807, 2.05) is 29.3 Å². The first-order valence-electron chi connectivity index (χ1n) is 14.0. The van der Waals surface area contributed by atoms with Crippen LogP contribution >= 0.6 is 0 Å². The number of aromatic nitrogens is 5. The van der Waals surface area contributed by atoms with Crippen molar-refractivity contribution in [3.8, 4) is 0 Å². The van der Waals surface area contributed by atoms with E-state index in [1.54, 1.807) is 18.5 Å². The number of fused-ring (bicyclic) bond motifs is 2. The molecular formula is C31H31FN8O. The third kappa shape index (κ3) is 5.67. The lowest BCUT2D eigenvalue weighted by Crippen LogP contribution is -2.35. The minimum atomic E-state index is -0.189. The molecule has 1 saturated heterocycles. The van der Waals surface area contributed by atoms with Crippen LogP contribution in [-0.4, -0.2) is 67.7 Å². The van der Waals surface area contributed by atoms with Crippen LogP contribution in [0.25, 0.3) is 10.9 Å². The zero-order valence-electron chi connectivity index (χ0n) is 22.7. The molecule has 7 rings (SSSR count). The van der Waals surface area contributed by atoms with Crippen molar-refractivity contribution in [2.24, 2.45) is 0 Å². The van der Waals surface area contributed by atoms with Crippen molar-refractivity contribution >= 4 is 22.3 Å². The highest BCUT2D eigenvalue weighted by atomic mass is 19.1. The SMILES string of the molecule is Fc1cccc(CN2CCc3cc(N(c4ccc5ncncc5c4)n4cc(CN5CCOCC5)nn4)ccc3C2)c1. The number of hydrogen-bond donors (Lipinski definition) is 0. The minimum Gasteiger partial charge on any atom is -0.379 e. The molecule has 0 N–H and O–H groups in total. The molecule has 0 atom stereocenters. The number of ether oxygens (including phenoxy) is 1. The zero-order chi connectivity index (χ0) is 27.6. The first-order chi connectivity index (χ1) is 20.2. The number of rotatable bonds is 7. The third-order valence-corrected chi connectivity index (χ3v) is 7.78. The van der Waals surface area contributed by atoms with E-state index in [0.29, 0.717) is 0 Å². The van der Waals surface area contributed by atoms with Gasteiger partial charge in [-0.25, -0.2) is 19.4 Å². The number of benzene rings is 3. The van der Waals surface area contributed by atoms with E-state index < -0.39 is 0 Å². The van der Waals surface area contributed by atoms with Gasteiger partial charge in [0.2, 0.25) is 0 Å². The van der Waals surface area contributed by atoms with Crippen LogP contribution in [0.5, 0.6) is 0 Å². The summed E-state index contributed by atoms with van der Waals surface area (Å²) in [7, 11) is 0. The number of morpholine rings is 1. The van der Waals surface area contributed by atoms with Crippen molar-refractivity contribution in [1.29, 1.82) is 0 Å². The summed E-state index contributed by atoms with van der Waals surface area (Å²) in [4.78, 5) is 15.1. The van der Waals surface area contributed by atoms with Gasteiger partial charge in [-0.05, 0) is 70.8 Å². The maximum Gasteiger partial charge on any atom is 0.123 e. The molecule has 0 spiro atoms. The summed E-state index contributed by atoms with van der Waals surface area (Å²) in [5.74, 6) is -0.189. The lowest BCUT2D eigenvalue weighted by Gasteiger charge is -2.31. The third-order valence-electron chi connectivity index (χ3n) is 7.78. The molecule has 1 fully saturated rings. The standard InChI is InChI=1S/C31H31FN8O/c32-27-3-1-2-23(14-27)18-38-9-8-24-15-29(5-4-25(24)19-38)40(30-6-7-31-26(16-30)17-33-22-34-31)39-21-28(35-36-39)20-37-10-12-41-13-11-37/h1-7,14-17,21-22H,8-13,18-20H2. The second-order valence-corrected chi connectivity index (χ2v) is 10.6. The summed E-state index contributed by atoms with van der Waals surface area (Å²) in [6, 6.07) is 19.6. The van der Waals surface area contributed by atoms with Crippen LogP contribution in [0.2, 0.25) is 0 Å². The Morgan fingerprint density at radius 2 is 1.76 bits per heavy atom. The fourth-order valence-electron chi connectivity index (χ4n) is 5.69. The Kier molecular flexibility index (Phi) is 7.10. The average Bonchev–Trinajstić information content (AvgIpc) is 3.45. The van der Waals surface area contributed by atoms with E-state index in [4.69, 9.17) is 4.74 Å². The predicted molar refractivity (Wildman–Crippen MR) is 154 cm³/mol. The predicted octanol–water partition coefficient (Wildman–Crippen LogP) is 4.35. The van der Waals surface area contributed by atoms with Crippen molar-refractivity contribution in [2.45, 2.75) is 26.1 Å². The largest absolute Gasteiger partial charge is 0.379 e. The van der Waals surface area contributed by atoms with Gasteiger partial charge in [0, 0.05) is 50.9 Å². The van der Waals surface area contributed by atoms with Crippen LogP contribution in [0.1, 0.15) is 22.4 Å². The fraction of sp³-hybridized carbons (Fsp3) is 0.290. The van der Waals surface area contributed by atoms with Crippen LogP contribution in [-0.2, 0) is 30.8 Å². The van der Waals surface area contributed by atoms with Gasteiger partial charge in [0.1, 0.15) is 12.1 Å². The first-order valence-corrected chi connectivity index (χ1v) is 14.0. The van der Waals surface area contributed by atoms with Gasteiger partial charge in [-0.3, -0.25) is 9.80 Å². The topological polar surface area (TPSA) is 75.4 Å². The highest BCUT2D eigenvalue weighted by Gasteiger charge is 2.21. The Hall–Kier alpha value is -4.25. The summed E-state index contributed by atoms with van der Waals surface area (Å²) >= 11 is 0. The maximum atomic E-state index is 13.7. The summed E-state index contributed by atoms with van der Waals surface area (Å²) in [6.45, 7) is 6.47. The molecule has 0 saturated carbocycles. The summed E-state index contributed by atoms with van der Waals surface area (Å²) in [6.07, 6.45) is 6.31. The monoisotopic (exact) mass is 550 g/mol. The molecule has 0 bridgehead atoms. The quantitative estimate of drug-likeness (QED) is 0.296. The van der Waals surface area contributed by atoms with Crippen molar-refractivity contribution in [3.63, 3.8) is 0 Å².